The minimum atomic E-state index is 0.149. The highest BCUT2D eigenvalue weighted by Gasteiger charge is 2.11. The van der Waals surface area contributed by atoms with Gasteiger partial charge in [0.05, 0.1) is 0 Å². The fourth-order valence-electron chi connectivity index (χ4n) is 2.34. The van der Waals surface area contributed by atoms with Gasteiger partial charge in [0.25, 0.3) is 0 Å². The normalized spacial score (nSPS) is 10.8. The molecule has 3 rings (SSSR count). The number of halogens is 2. The smallest absolute Gasteiger partial charge is 0.168 e. The van der Waals surface area contributed by atoms with Crippen LogP contribution in [-0.2, 0) is 6.42 Å². The van der Waals surface area contributed by atoms with Crippen LogP contribution in [0.15, 0.2) is 65.1 Å². The largest absolute Gasteiger partial charge is 0.294 e. The molecule has 0 spiro atoms. The Balaban J connectivity index is 1.90. The van der Waals surface area contributed by atoms with E-state index >= 15 is 0 Å². The summed E-state index contributed by atoms with van der Waals surface area (Å²) in [6.45, 7) is 0. The molecule has 0 N–H and O–H groups in total. The van der Waals surface area contributed by atoms with Gasteiger partial charge in [-0.1, -0.05) is 58.4 Å². The van der Waals surface area contributed by atoms with Gasteiger partial charge in [-0.2, -0.15) is 0 Å². The van der Waals surface area contributed by atoms with Crippen molar-refractivity contribution >= 4 is 55.1 Å². The van der Waals surface area contributed by atoms with Crippen LogP contribution in [-0.4, -0.2) is 5.78 Å². The number of rotatable bonds is 3. The summed E-state index contributed by atoms with van der Waals surface area (Å²) >= 11 is 5.63. The number of carbonyl (C=O) groups is 1. The van der Waals surface area contributed by atoms with E-state index in [2.05, 4.69) is 62.8 Å². The van der Waals surface area contributed by atoms with Crippen LogP contribution in [0.4, 0.5) is 0 Å². The molecular formula is C18H12BrIO. The molecule has 0 radical (unpaired) electrons. The van der Waals surface area contributed by atoms with Crippen LogP contribution in [0.25, 0.3) is 10.8 Å². The molecule has 3 aromatic carbocycles. The summed E-state index contributed by atoms with van der Waals surface area (Å²) in [5.41, 5.74) is 1.83. The lowest BCUT2D eigenvalue weighted by molar-refractivity contribution is 0.0992. The Bertz CT molecular complexity index is 826. The van der Waals surface area contributed by atoms with Crippen molar-refractivity contribution in [2.75, 3.05) is 0 Å². The maximum atomic E-state index is 12.5. The van der Waals surface area contributed by atoms with Crippen LogP contribution in [0, 0.1) is 3.57 Å². The van der Waals surface area contributed by atoms with Crippen molar-refractivity contribution in [3.05, 3.63) is 79.8 Å². The third kappa shape index (κ3) is 3.35. The van der Waals surface area contributed by atoms with E-state index in [0.29, 0.717) is 6.42 Å². The van der Waals surface area contributed by atoms with Gasteiger partial charge in [0, 0.05) is 20.0 Å². The van der Waals surface area contributed by atoms with E-state index in [9.17, 15) is 4.79 Å². The van der Waals surface area contributed by atoms with E-state index in [1.807, 2.05) is 36.4 Å². The van der Waals surface area contributed by atoms with Gasteiger partial charge in [-0.05, 0) is 57.1 Å². The van der Waals surface area contributed by atoms with Gasteiger partial charge in [-0.25, -0.2) is 0 Å². The van der Waals surface area contributed by atoms with Crippen molar-refractivity contribution in [2.24, 2.45) is 0 Å². The highest BCUT2D eigenvalue weighted by atomic mass is 127. The summed E-state index contributed by atoms with van der Waals surface area (Å²) < 4.78 is 1.92. The van der Waals surface area contributed by atoms with E-state index in [-0.39, 0.29) is 5.78 Å². The number of hydrogen-bond donors (Lipinski definition) is 0. The van der Waals surface area contributed by atoms with Crippen molar-refractivity contribution < 1.29 is 4.79 Å². The lowest BCUT2D eigenvalue weighted by Gasteiger charge is -2.06. The van der Waals surface area contributed by atoms with E-state index in [1.54, 1.807) is 0 Å². The van der Waals surface area contributed by atoms with Gasteiger partial charge in [0.15, 0.2) is 5.78 Å². The highest BCUT2D eigenvalue weighted by molar-refractivity contribution is 14.1. The molecule has 0 aliphatic rings. The van der Waals surface area contributed by atoms with Crippen molar-refractivity contribution in [3.63, 3.8) is 0 Å². The number of benzene rings is 3. The molecule has 0 amide bonds. The molecule has 0 aromatic heterocycles. The molecular weight excluding hydrogens is 439 g/mol. The quantitative estimate of drug-likeness (QED) is 0.373. The van der Waals surface area contributed by atoms with Crippen LogP contribution in [0.5, 0.6) is 0 Å². The van der Waals surface area contributed by atoms with Crippen LogP contribution < -0.4 is 0 Å². The molecule has 0 saturated heterocycles. The van der Waals surface area contributed by atoms with Gasteiger partial charge >= 0.3 is 0 Å². The monoisotopic (exact) mass is 450 g/mol. The maximum absolute atomic E-state index is 12.5. The Morgan fingerprint density at radius 1 is 0.952 bits per heavy atom. The van der Waals surface area contributed by atoms with Crippen LogP contribution >= 0.6 is 38.5 Å². The molecule has 21 heavy (non-hydrogen) atoms. The second kappa shape index (κ2) is 6.28. The third-order valence-electron chi connectivity index (χ3n) is 3.41. The summed E-state index contributed by atoms with van der Waals surface area (Å²) in [6.07, 6.45) is 0.428. The second-order valence-corrected chi connectivity index (χ2v) is 6.98. The summed E-state index contributed by atoms with van der Waals surface area (Å²) in [7, 11) is 0. The SMILES string of the molecule is O=C(Cc1ccc2ccccc2c1)c1cc(Br)ccc1I. The van der Waals surface area contributed by atoms with Crippen molar-refractivity contribution in [3.8, 4) is 0 Å². The molecule has 0 bridgehead atoms. The molecule has 104 valence electrons. The van der Waals surface area contributed by atoms with E-state index in [0.717, 1.165) is 19.2 Å². The predicted octanol–water partition coefficient (Wildman–Crippen LogP) is 5.63. The van der Waals surface area contributed by atoms with Crippen molar-refractivity contribution in [1.29, 1.82) is 0 Å². The Morgan fingerprint density at radius 3 is 2.52 bits per heavy atom. The second-order valence-electron chi connectivity index (χ2n) is 4.91. The zero-order valence-electron chi connectivity index (χ0n) is 11.1. The summed E-state index contributed by atoms with van der Waals surface area (Å²) in [5.74, 6) is 0.149. The number of hydrogen-bond acceptors (Lipinski definition) is 1. The molecule has 3 aromatic rings. The third-order valence-corrected chi connectivity index (χ3v) is 4.84. The Hall–Kier alpha value is -1.20. The summed E-state index contributed by atoms with van der Waals surface area (Å²) in [4.78, 5) is 12.5. The molecule has 0 unspecified atom stereocenters. The summed E-state index contributed by atoms with van der Waals surface area (Å²) in [6, 6.07) is 20.2. The number of carbonyl (C=O) groups excluding carboxylic acids is 1. The first kappa shape index (κ1) is 14.7. The van der Waals surface area contributed by atoms with E-state index in [1.165, 1.54) is 10.8 Å². The van der Waals surface area contributed by atoms with Gasteiger partial charge in [-0.3, -0.25) is 4.79 Å². The predicted molar refractivity (Wildman–Crippen MR) is 98.8 cm³/mol. The van der Waals surface area contributed by atoms with Crippen molar-refractivity contribution in [1.82, 2.24) is 0 Å². The zero-order valence-corrected chi connectivity index (χ0v) is 14.9. The maximum Gasteiger partial charge on any atom is 0.168 e. The minimum absolute atomic E-state index is 0.149. The molecule has 0 aliphatic heterocycles. The number of ketones is 1. The molecule has 0 aliphatic carbocycles. The Morgan fingerprint density at radius 2 is 1.71 bits per heavy atom. The molecule has 0 atom stereocenters. The number of Topliss-reactive ketones (excluding diaryl/α,β-unsaturated/α-hetero) is 1. The Kier molecular flexibility index (Phi) is 4.40. The first-order chi connectivity index (χ1) is 10.1. The lowest BCUT2D eigenvalue weighted by Crippen LogP contribution is -2.05. The van der Waals surface area contributed by atoms with Crippen LogP contribution in [0.3, 0.4) is 0 Å². The molecule has 0 fully saturated rings. The molecule has 0 saturated carbocycles. The van der Waals surface area contributed by atoms with Crippen LogP contribution in [0.1, 0.15) is 15.9 Å². The van der Waals surface area contributed by atoms with Gasteiger partial charge in [-0.15, -0.1) is 0 Å². The average molecular weight is 451 g/mol. The summed E-state index contributed by atoms with van der Waals surface area (Å²) in [5, 5.41) is 2.37. The minimum Gasteiger partial charge on any atom is -0.294 e. The topological polar surface area (TPSA) is 17.1 Å². The van der Waals surface area contributed by atoms with Crippen molar-refractivity contribution in [2.45, 2.75) is 6.42 Å². The standard InChI is InChI=1S/C18H12BrIO/c19-15-7-8-17(20)16(11-15)18(21)10-12-5-6-13-3-1-2-4-14(13)9-12/h1-9,11H,10H2. The Labute approximate surface area is 145 Å². The lowest BCUT2D eigenvalue weighted by atomic mass is 10.0. The number of fused-ring (bicyclic) bond motifs is 1. The van der Waals surface area contributed by atoms with Gasteiger partial charge < -0.3 is 0 Å². The first-order valence-electron chi connectivity index (χ1n) is 6.59. The fourth-order valence-corrected chi connectivity index (χ4v) is 3.34. The molecule has 0 heterocycles. The molecule has 3 heteroatoms. The van der Waals surface area contributed by atoms with Gasteiger partial charge in [0.2, 0.25) is 0 Å². The van der Waals surface area contributed by atoms with E-state index in [4.69, 9.17) is 0 Å². The zero-order chi connectivity index (χ0) is 14.8. The fraction of sp³-hybridized carbons (Fsp3) is 0.0556. The molecule has 1 nitrogen and oxygen atoms in total. The van der Waals surface area contributed by atoms with Gasteiger partial charge in [0.1, 0.15) is 0 Å². The first-order valence-corrected chi connectivity index (χ1v) is 8.46. The average Bonchev–Trinajstić information content (AvgIpc) is 2.49. The highest BCUT2D eigenvalue weighted by Crippen LogP contribution is 2.21. The van der Waals surface area contributed by atoms with E-state index < -0.39 is 0 Å². The van der Waals surface area contributed by atoms with Crippen LogP contribution in [0.2, 0.25) is 0 Å².